The van der Waals surface area contributed by atoms with Crippen LogP contribution in [0.25, 0.3) is 11.1 Å². The van der Waals surface area contributed by atoms with E-state index in [9.17, 15) is 0 Å². The van der Waals surface area contributed by atoms with E-state index in [-0.39, 0.29) is 5.41 Å². The Morgan fingerprint density at radius 2 is 1.37 bits per heavy atom. The number of rotatable bonds is 2. The van der Waals surface area contributed by atoms with Crippen LogP contribution in [0.2, 0.25) is 13.1 Å². The maximum absolute atomic E-state index is 2.35. The minimum Gasteiger partial charge on any atom is -0.0671 e. The lowest BCUT2D eigenvalue weighted by molar-refractivity contribution is 0.590. The normalized spacial score (nSPS) is 11.9. The molecule has 0 aliphatic rings. The summed E-state index contributed by atoms with van der Waals surface area (Å²) in [5, 5.41) is 1.52. The summed E-state index contributed by atoms with van der Waals surface area (Å²) in [4.78, 5) is 0. The lowest BCUT2D eigenvalue weighted by Crippen LogP contribution is -2.24. The smallest absolute Gasteiger partial charge is 0.0671 e. The molecule has 0 saturated heterocycles. The van der Waals surface area contributed by atoms with Gasteiger partial charge in [-0.1, -0.05) is 87.6 Å². The first-order valence-corrected chi connectivity index (χ1v) is 9.40. The van der Waals surface area contributed by atoms with Gasteiger partial charge in [-0.05, 0) is 22.1 Å². The highest BCUT2D eigenvalue weighted by molar-refractivity contribution is 6.72. The predicted octanol–water partition coefficient (Wildman–Crippen LogP) is 4.61. The predicted molar refractivity (Wildman–Crippen MR) is 87.7 cm³/mol. The molecule has 0 bridgehead atoms. The second kappa shape index (κ2) is 5.34. The van der Waals surface area contributed by atoms with Gasteiger partial charge in [0.2, 0.25) is 0 Å². The summed E-state index contributed by atoms with van der Waals surface area (Å²) in [7, 11) is -0.427. The van der Waals surface area contributed by atoms with Crippen molar-refractivity contribution in [2.45, 2.75) is 39.3 Å². The number of hydrogen-bond donors (Lipinski definition) is 0. The van der Waals surface area contributed by atoms with Crippen molar-refractivity contribution in [3.8, 4) is 11.1 Å². The van der Waals surface area contributed by atoms with Crippen molar-refractivity contribution in [1.82, 2.24) is 0 Å². The topological polar surface area (TPSA) is 0 Å². The lowest BCUT2D eigenvalue weighted by atomic mass is 9.86. The maximum atomic E-state index is 2.35. The Kier molecular flexibility index (Phi) is 3.95. The molecule has 19 heavy (non-hydrogen) atoms. The molecule has 0 spiro atoms. The second-order valence-corrected chi connectivity index (χ2v) is 8.91. The van der Waals surface area contributed by atoms with E-state index in [0.717, 1.165) is 0 Å². The van der Waals surface area contributed by atoms with Crippen molar-refractivity contribution in [3.63, 3.8) is 0 Å². The molecule has 0 unspecified atom stereocenters. The maximum Gasteiger partial charge on any atom is 0.0799 e. The van der Waals surface area contributed by atoms with Crippen molar-refractivity contribution in [2.24, 2.45) is 0 Å². The largest absolute Gasteiger partial charge is 0.0799 e. The third-order valence-electron chi connectivity index (χ3n) is 3.53. The molecular formula is C18H23Si. The van der Waals surface area contributed by atoms with Crippen molar-refractivity contribution < 1.29 is 0 Å². The first-order chi connectivity index (χ1) is 8.89. The molecule has 0 fully saturated rings. The van der Waals surface area contributed by atoms with E-state index in [4.69, 9.17) is 0 Å². The zero-order chi connectivity index (χ0) is 14.0. The van der Waals surface area contributed by atoms with Gasteiger partial charge in [0.1, 0.15) is 0 Å². The summed E-state index contributed by atoms with van der Waals surface area (Å²) in [6.07, 6.45) is 0. The van der Waals surface area contributed by atoms with Crippen LogP contribution in [-0.2, 0) is 5.41 Å². The molecule has 0 nitrogen and oxygen atoms in total. The Bertz CT molecular complexity index is 545. The standard InChI is InChI=1S/C18H23Si/c1-18(2,3)15-12-10-14(11-13-15)16-8-6-7-9-17(16)19(4)5/h6-13H,1-5H3. The van der Waals surface area contributed by atoms with E-state index in [2.05, 4.69) is 82.4 Å². The Morgan fingerprint density at radius 3 is 1.89 bits per heavy atom. The third kappa shape index (κ3) is 3.16. The highest BCUT2D eigenvalue weighted by Crippen LogP contribution is 2.25. The van der Waals surface area contributed by atoms with Gasteiger partial charge in [0.05, 0.1) is 8.80 Å². The van der Waals surface area contributed by atoms with Crippen molar-refractivity contribution >= 4 is 14.0 Å². The molecule has 2 aromatic rings. The van der Waals surface area contributed by atoms with E-state index in [0.29, 0.717) is 0 Å². The summed E-state index contributed by atoms with van der Waals surface area (Å²) in [5.74, 6) is 0. The highest BCUT2D eigenvalue weighted by Gasteiger charge is 2.14. The van der Waals surface area contributed by atoms with Crippen LogP contribution in [0.15, 0.2) is 48.5 Å². The number of hydrogen-bond acceptors (Lipinski definition) is 0. The SMILES string of the molecule is C[Si](C)c1ccccc1-c1ccc(C(C)(C)C)cc1. The summed E-state index contributed by atoms with van der Waals surface area (Å²) in [5.41, 5.74) is 4.37. The third-order valence-corrected chi connectivity index (χ3v) is 5.04. The van der Waals surface area contributed by atoms with Crippen LogP contribution in [0.1, 0.15) is 26.3 Å². The first kappa shape index (κ1) is 14.1. The van der Waals surface area contributed by atoms with E-state index >= 15 is 0 Å². The Labute approximate surface area is 119 Å². The van der Waals surface area contributed by atoms with Gasteiger partial charge in [-0.15, -0.1) is 0 Å². The fraction of sp³-hybridized carbons (Fsp3) is 0.333. The van der Waals surface area contributed by atoms with Crippen molar-refractivity contribution in [2.75, 3.05) is 0 Å². The highest BCUT2D eigenvalue weighted by atomic mass is 28.3. The van der Waals surface area contributed by atoms with Crippen LogP contribution < -0.4 is 5.19 Å². The Balaban J connectivity index is 2.43. The Morgan fingerprint density at radius 1 is 0.789 bits per heavy atom. The van der Waals surface area contributed by atoms with E-state index in [1.54, 1.807) is 0 Å². The van der Waals surface area contributed by atoms with Crippen LogP contribution in [0.4, 0.5) is 0 Å². The zero-order valence-electron chi connectivity index (χ0n) is 12.6. The molecule has 1 radical (unpaired) electrons. The average Bonchev–Trinajstić information content (AvgIpc) is 2.38. The minimum atomic E-state index is -0.427. The molecule has 0 aliphatic heterocycles. The summed E-state index contributed by atoms with van der Waals surface area (Å²) in [6, 6.07) is 17.9. The first-order valence-electron chi connectivity index (χ1n) is 6.90. The average molecular weight is 267 g/mol. The molecule has 0 aliphatic carbocycles. The molecule has 99 valence electrons. The van der Waals surface area contributed by atoms with Gasteiger partial charge >= 0.3 is 0 Å². The van der Waals surface area contributed by atoms with Crippen LogP contribution in [-0.4, -0.2) is 8.80 Å². The van der Waals surface area contributed by atoms with Gasteiger partial charge in [-0.25, -0.2) is 0 Å². The molecule has 2 rings (SSSR count). The van der Waals surface area contributed by atoms with Gasteiger partial charge in [0.15, 0.2) is 0 Å². The van der Waals surface area contributed by atoms with E-state index in [1.807, 2.05) is 0 Å². The van der Waals surface area contributed by atoms with Gasteiger partial charge in [0, 0.05) is 0 Å². The Hall–Kier alpha value is -1.34. The fourth-order valence-corrected chi connectivity index (χ4v) is 3.52. The molecular weight excluding hydrogens is 244 g/mol. The molecule has 2 aromatic carbocycles. The molecule has 0 amide bonds. The van der Waals surface area contributed by atoms with Crippen molar-refractivity contribution in [1.29, 1.82) is 0 Å². The van der Waals surface area contributed by atoms with Gasteiger partial charge in [-0.3, -0.25) is 0 Å². The zero-order valence-corrected chi connectivity index (χ0v) is 13.6. The van der Waals surface area contributed by atoms with Crippen LogP contribution in [0.5, 0.6) is 0 Å². The van der Waals surface area contributed by atoms with Crippen molar-refractivity contribution in [3.05, 3.63) is 54.1 Å². The fourth-order valence-electron chi connectivity index (χ4n) is 2.32. The molecule has 0 atom stereocenters. The van der Waals surface area contributed by atoms with E-state index < -0.39 is 8.80 Å². The molecule has 0 N–H and O–H groups in total. The monoisotopic (exact) mass is 267 g/mol. The van der Waals surface area contributed by atoms with Gasteiger partial charge in [-0.2, -0.15) is 0 Å². The van der Waals surface area contributed by atoms with Gasteiger partial charge < -0.3 is 0 Å². The van der Waals surface area contributed by atoms with E-state index in [1.165, 1.54) is 21.9 Å². The van der Waals surface area contributed by atoms with Crippen LogP contribution in [0.3, 0.4) is 0 Å². The molecule has 1 heteroatoms. The molecule has 0 heterocycles. The number of benzene rings is 2. The minimum absolute atomic E-state index is 0.225. The molecule has 0 aromatic heterocycles. The second-order valence-electron chi connectivity index (χ2n) is 6.37. The quantitative estimate of drug-likeness (QED) is 0.697. The van der Waals surface area contributed by atoms with Crippen LogP contribution in [0, 0.1) is 0 Å². The van der Waals surface area contributed by atoms with Crippen LogP contribution >= 0.6 is 0 Å². The summed E-state index contributed by atoms with van der Waals surface area (Å²) >= 11 is 0. The van der Waals surface area contributed by atoms with Gasteiger partial charge in [0.25, 0.3) is 0 Å². The molecule has 0 saturated carbocycles. The lowest BCUT2D eigenvalue weighted by Gasteiger charge is -2.19. The summed E-state index contributed by atoms with van der Waals surface area (Å²) < 4.78 is 0. The summed E-state index contributed by atoms with van der Waals surface area (Å²) in [6.45, 7) is 11.5.